The van der Waals surface area contributed by atoms with Gasteiger partial charge in [-0.1, -0.05) is 24.3 Å². The summed E-state index contributed by atoms with van der Waals surface area (Å²) in [4.78, 5) is 26.7. The highest BCUT2D eigenvalue weighted by Crippen LogP contribution is 2.29. The van der Waals surface area contributed by atoms with E-state index in [0.29, 0.717) is 11.4 Å². The van der Waals surface area contributed by atoms with Gasteiger partial charge in [0.15, 0.2) is 0 Å². The molecule has 0 radical (unpaired) electrons. The minimum atomic E-state index is -4.98. The first kappa shape index (κ1) is 50.4. The standard InChI is InChI=1S/C38H40N12O14S4/c1-49(17-19-51)37-45-33(39-25-9-13-29(14-10-25)65(53,54)55)43-35(47-37)41-27-7-5-23(31(21-27)67(59,60)61)3-4-24-6-8-28(22-32(24)68(62,63)64)42-36-44-34(46-38(48-36)50(2)18-20-52)40-26-11-15-30(16-12-26)66(56,57)58/h3-16,21-22,51-52H,17-20H2,1-2H3,(H,53,54,55)(H,56,57,58)(H,59,60,61)(H,62,63,64)(H2,39,41,43,45,47)(H2,40,42,44,46,48)/b4-3+. The number of hydrogen-bond acceptors (Lipinski definition) is 22. The van der Waals surface area contributed by atoms with Gasteiger partial charge in [-0.3, -0.25) is 18.2 Å². The molecule has 360 valence electrons. The van der Waals surface area contributed by atoms with Crippen LogP contribution in [0.3, 0.4) is 0 Å². The lowest BCUT2D eigenvalue weighted by atomic mass is 10.1. The maximum atomic E-state index is 12.7. The number of rotatable bonds is 20. The Balaban J connectivity index is 1.28. The lowest BCUT2D eigenvalue weighted by molar-refractivity contribution is 0.303. The second-order valence-electron chi connectivity index (χ2n) is 14.1. The molecule has 0 spiro atoms. The number of nitrogens with one attached hydrogen (secondary N) is 4. The molecular weight excluding hydrogens is 977 g/mol. The van der Waals surface area contributed by atoms with E-state index >= 15 is 0 Å². The number of anilines is 10. The summed E-state index contributed by atoms with van der Waals surface area (Å²) < 4.78 is 136. The minimum Gasteiger partial charge on any atom is -0.395 e. The summed E-state index contributed by atoms with van der Waals surface area (Å²) in [6, 6.07) is 17.2. The molecule has 26 nitrogen and oxygen atoms in total. The predicted octanol–water partition coefficient (Wildman–Crippen LogP) is 3.05. The van der Waals surface area contributed by atoms with Crippen LogP contribution in [0, 0.1) is 0 Å². The molecule has 0 atom stereocenters. The molecule has 0 aliphatic heterocycles. The van der Waals surface area contributed by atoms with Crippen molar-refractivity contribution in [3.8, 4) is 0 Å². The van der Waals surface area contributed by atoms with E-state index < -0.39 is 50.3 Å². The number of hydrogen-bond donors (Lipinski definition) is 10. The topological polar surface area (TPSA) is 390 Å². The highest BCUT2D eigenvalue weighted by Gasteiger charge is 2.20. The summed E-state index contributed by atoms with van der Waals surface area (Å²) in [5, 5.41) is 30.4. The molecule has 0 amide bonds. The Morgan fingerprint density at radius 2 is 0.735 bits per heavy atom. The molecule has 6 aromatic rings. The van der Waals surface area contributed by atoms with Gasteiger partial charge >= 0.3 is 0 Å². The van der Waals surface area contributed by atoms with Gasteiger partial charge in [-0.05, 0) is 83.9 Å². The van der Waals surface area contributed by atoms with Gasteiger partial charge in [-0.15, -0.1) is 0 Å². The number of nitrogens with zero attached hydrogens (tertiary/aromatic N) is 8. The van der Waals surface area contributed by atoms with E-state index in [9.17, 15) is 62.1 Å². The van der Waals surface area contributed by atoms with E-state index in [4.69, 9.17) is 0 Å². The number of aliphatic hydroxyl groups excluding tert-OH is 2. The van der Waals surface area contributed by atoms with Crippen LogP contribution in [0.25, 0.3) is 12.2 Å². The zero-order chi connectivity index (χ0) is 49.6. The number of aliphatic hydroxyl groups is 2. The summed E-state index contributed by atoms with van der Waals surface area (Å²) in [6.07, 6.45) is 2.33. The van der Waals surface area contributed by atoms with Gasteiger partial charge in [0.2, 0.25) is 35.7 Å². The highest BCUT2D eigenvalue weighted by atomic mass is 32.2. The molecular formula is C38H40N12O14S4. The van der Waals surface area contributed by atoms with Crippen molar-refractivity contribution in [1.82, 2.24) is 29.9 Å². The fourth-order valence-electron chi connectivity index (χ4n) is 5.86. The minimum absolute atomic E-state index is 0.0340. The maximum Gasteiger partial charge on any atom is 0.295 e. The summed E-state index contributed by atoms with van der Waals surface area (Å²) in [5.41, 5.74) is 0.404. The maximum absolute atomic E-state index is 12.7. The SMILES string of the molecule is CN(CCO)c1nc(Nc2ccc(S(=O)(=O)O)cc2)nc(Nc2ccc(/C=C/c3ccc(Nc4nc(Nc5ccc(S(=O)(=O)O)cc5)nc(N(C)CCO)n4)cc3S(=O)(=O)O)c(S(=O)(=O)O)c2)n1. The quantitative estimate of drug-likeness (QED) is 0.0388. The smallest absolute Gasteiger partial charge is 0.295 e. The Morgan fingerprint density at radius 3 is 1.01 bits per heavy atom. The van der Waals surface area contributed by atoms with Gasteiger partial charge < -0.3 is 41.3 Å². The lowest BCUT2D eigenvalue weighted by Gasteiger charge is -2.18. The van der Waals surface area contributed by atoms with Crippen LogP contribution in [0.15, 0.2) is 105 Å². The van der Waals surface area contributed by atoms with Crippen LogP contribution in [0.2, 0.25) is 0 Å². The van der Waals surface area contributed by atoms with Gasteiger partial charge in [-0.2, -0.15) is 63.6 Å². The van der Waals surface area contributed by atoms with Crippen LogP contribution < -0.4 is 31.1 Å². The first-order chi connectivity index (χ1) is 31.9. The van der Waals surface area contributed by atoms with Gasteiger partial charge in [0.25, 0.3) is 40.5 Å². The molecule has 0 bridgehead atoms. The van der Waals surface area contributed by atoms with Crippen molar-refractivity contribution in [2.75, 3.05) is 71.5 Å². The third-order valence-electron chi connectivity index (χ3n) is 9.16. The zero-order valence-corrected chi connectivity index (χ0v) is 38.5. The molecule has 2 heterocycles. The van der Waals surface area contributed by atoms with Crippen LogP contribution in [0.5, 0.6) is 0 Å². The van der Waals surface area contributed by atoms with Crippen molar-refractivity contribution < 1.29 is 62.1 Å². The van der Waals surface area contributed by atoms with Crippen molar-refractivity contribution in [2.45, 2.75) is 19.6 Å². The highest BCUT2D eigenvalue weighted by molar-refractivity contribution is 7.86. The number of likely N-dealkylation sites (N-methyl/N-ethyl adjacent to an activating group) is 2. The van der Waals surface area contributed by atoms with Crippen molar-refractivity contribution in [3.63, 3.8) is 0 Å². The Hall–Kier alpha value is -7.00. The van der Waals surface area contributed by atoms with Crippen molar-refractivity contribution in [3.05, 3.63) is 96.1 Å². The Morgan fingerprint density at radius 1 is 0.441 bits per heavy atom. The third kappa shape index (κ3) is 13.3. The molecule has 0 fully saturated rings. The number of aromatic nitrogens is 6. The van der Waals surface area contributed by atoms with E-state index in [1.54, 1.807) is 14.1 Å². The molecule has 30 heteroatoms. The Kier molecular flexibility index (Phi) is 15.2. The molecule has 0 saturated heterocycles. The van der Waals surface area contributed by atoms with E-state index in [-0.39, 0.29) is 94.3 Å². The van der Waals surface area contributed by atoms with E-state index in [2.05, 4.69) is 51.2 Å². The Labute approximate surface area is 388 Å². The average molecular weight is 1020 g/mol. The number of benzene rings is 4. The molecule has 10 N–H and O–H groups in total. The summed E-state index contributed by atoms with van der Waals surface area (Å²) >= 11 is 0. The van der Waals surface area contributed by atoms with Gasteiger partial charge in [0, 0.05) is 49.9 Å². The van der Waals surface area contributed by atoms with Crippen LogP contribution >= 0.6 is 0 Å². The molecule has 0 aliphatic carbocycles. The van der Waals surface area contributed by atoms with Crippen LogP contribution in [-0.2, 0) is 40.5 Å². The predicted molar refractivity (Wildman–Crippen MR) is 247 cm³/mol. The third-order valence-corrected chi connectivity index (χ3v) is 12.7. The van der Waals surface area contributed by atoms with E-state index in [0.717, 1.165) is 36.4 Å². The van der Waals surface area contributed by atoms with Crippen LogP contribution in [0.1, 0.15) is 11.1 Å². The first-order valence-corrected chi connectivity index (χ1v) is 25.0. The van der Waals surface area contributed by atoms with Gasteiger partial charge in [0.05, 0.1) is 23.0 Å². The molecule has 6 rings (SSSR count). The largest absolute Gasteiger partial charge is 0.395 e. The summed E-state index contributed by atoms with van der Waals surface area (Å²) in [6.45, 7) is -0.381. The zero-order valence-electron chi connectivity index (χ0n) is 35.2. The van der Waals surface area contributed by atoms with E-state index in [1.807, 2.05) is 0 Å². The molecule has 68 heavy (non-hydrogen) atoms. The molecule has 0 unspecified atom stereocenters. The molecule has 0 aliphatic rings. The van der Waals surface area contributed by atoms with Gasteiger partial charge in [-0.25, -0.2) is 0 Å². The van der Waals surface area contributed by atoms with Crippen molar-refractivity contribution in [1.29, 1.82) is 0 Å². The second-order valence-corrected chi connectivity index (χ2v) is 19.8. The van der Waals surface area contributed by atoms with Crippen LogP contribution in [0.4, 0.5) is 58.4 Å². The van der Waals surface area contributed by atoms with Gasteiger partial charge in [0.1, 0.15) is 9.79 Å². The second kappa shape index (κ2) is 20.5. The molecule has 0 saturated carbocycles. The lowest BCUT2D eigenvalue weighted by Crippen LogP contribution is -2.24. The average Bonchev–Trinajstić information content (AvgIpc) is 3.25. The Bertz CT molecular complexity index is 3090. The molecule has 2 aromatic heterocycles. The normalized spacial score (nSPS) is 12.2. The summed E-state index contributed by atoms with van der Waals surface area (Å²) in [7, 11) is -15.8. The van der Waals surface area contributed by atoms with Crippen LogP contribution in [-0.4, -0.2) is 132 Å². The summed E-state index contributed by atoms with van der Waals surface area (Å²) in [5.74, 6) is -0.399. The monoisotopic (exact) mass is 1020 g/mol. The fraction of sp³-hybridized carbons (Fsp3) is 0.158. The van der Waals surface area contributed by atoms with E-state index in [1.165, 1.54) is 70.5 Å². The first-order valence-electron chi connectivity index (χ1n) is 19.2. The fourth-order valence-corrected chi connectivity index (χ4v) is 8.24. The molecule has 4 aromatic carbocycles. The van der Waals surface area contributed by atoms with Crippen molar-refractivity contribution in [2.24, 2.45) is 0 Å². The van der Waals surface area contributed by atoms with Crippen molar-refractivity contribution >= 4 is 111 Å².